The molecule has 1 aromatic carbocycles. The van der Waals surface area contributed by atoms with E-state index in [1.54, 1.807) is 0 Å². The fourth-order valence-electron chi connectivity index (χ4n) is 3.54. The zero-order valence-electron chi connectivity index (χ0n) is 11.8. The maximum atomic E-state index is 13.9. The van der Waals surface area contributed by atoms with Gasteiger partial charge in [-0.2, -0.15) is 0 Å². The molecule has 3 rings (SSSR count). The summed E-state index contributed by atoms with van der Waals surface area (Å²) in [4.78, 5) is 0. The number of rotatable bonds is 2. The topological polar surface area (TPSA) is 46.5 Å². The highest BCUT2D eigenvalue weighted by atomic mass is 32.2. The van der Waals surface area contributed by atoms with Crippen LogP contribution in [0.5, 0.6) is 5.75 Å². The number of benzene rings is 1. The van der Waals surface area contributed by atoms with E-state index in [2.05, 4.69) is 4.74 Å². The van der Waals surface area contributed by atoms with E-state index in [0.29, 0.717) is 12.8 Å². The van der Waals surface area contributed by atoms with Crippen LogP contribution in [0.25, 0.3) is 0 Å². The molecular formula is C15H18F2O3S. The molecule has 2 unspecified atom stereocenters. The van der Waals surface area contributed by atoms with Gasteiger partial charge in [0.25, 0.3) is 0 Å². The smallest absolute Gasteiger partial charge is 0.190 e. The molecular weight excluding hydrogens is 298 g/mol. The summed E-state index contributed by atoms with van der Waals surface area (Å²) in [6, 6.07) is 2.26. The summed E-state index contributed by atoms with van der Waals surface area (Å²) in [6.07, 6.45) is 3.18. The van der Waals surface area contributed by atoms with Gasteiger partial charge in [0.15, 0.2) is 17.4 Å². The third-order valence-corrected chi connectivity index (χ3v) is 6.70. The van der Waals surface area contributed by atoms with E-state index in [4.69, 9.17) is 0 Å². The molecule has 2 aliphatic rings. The highest BCUT2D eigenvalue weighted by Gasteiger charge is 2.46. The number of methoxy groups -OCH3 is 1. The Labute approximate surface area is 124 Å². The van der Waals surface area contributed by atoms with E-state index in [0.717, 1.165) is 31.4 Å². The lowest BCUT2D eigenvalue weighted by molar-refractivity contribution is 0.00590. The maximum absolute atomic E-state index is 13.9. The normalized spacial score (nSPS) is 35.5. The molecule has 0 saturated carbocycles. The van der Waals surface area contributed by atoms with Crippen LogP contribution in [0.4, 0.5) is 8.78 Å². The minimum absolute atomic E-state index is 0.0873. The molecule has 2 fully saturated rings. The summed E-state index contributed by atoms with van der Waals surface area (Å²) in [7, 11) is 0.253. The van der Waals surface area contributed by atoms with Crippen LogP contribution in [0.3, 0.4) is 0 Å². The molecule has 6 heteroatoms. The molecule has 1 aromatic rings. The largest absolute Gasteiger partial charge is 0.491 e. The lowest BCUT2D eigenvalue weighted by atomic mass is 9.80. The zero-order valence-corrected chi connectivity index (χ0v) is 12.6. The van der Waals surface area contributed by atoms with Gasteiger partial charge in [0.05, 0.1) is 12.7 Å². The number of aliphatic hydroxyl groups is 1. The Hall–Kier alpha value is -1.01. The zero-order chi connectivity index (χ0) is 15.2. The molecule has 1 N–H and O–H groups in total. The summed E-state index contributed by atoms with van der Waals surface area (Å²) in [6.45, 7) is 0. The lowest BCUT2D eigenvalue weighted by Crippen LogP contribution is -2.47. The second-order valence-corrected chi connectivity index (χ2v) is 7.91. The number of fused-ring (bicyclic) bond motifs is 2. The number of hydrogen-bond acceptors (Lipinski definition) is 3. The molecule has 2 atom stereocenters. The minimum Gasteiger partial charge on any atom is -0.491 e. The van der Waals surface area contributed by atoms with Crippen LogP contribution < -0.4 is 4.74 Å². The van der Waals surface area contributed by atoms with Gasteiger partial charge >= 0.3 is 0 Å². The highest BCUT2D eigenvalue weighted by Crippen LogP contribution is 2.45. The number of hydrogen-bond donors (Lipinski definition) is 1. The molecule has 3 nitrogen and oxygen atoms in total. The van der Waals surface area contributed by atoms with E-state index < -0.39 is 33.8 Å². The van der Waals surface area contributed by atoms with Crippen molar-refractivity contribution in [2.45, 2.75) is 48.2 Å². The third-order valence-electron chi connectivity index (χ3n) is 4.58. The van der Waals surface area contributed by atoms with E-state index in [1.165, 1.54) is 7.11 Å². The number of halogens is 2. The molecule has 0 spiro atoms. The van der Waals surface area contributed by atoms with Crippen LogP contribution >= 0.6 is 0 Å². The van der Waals surface area contributed by atoms with Gasteiger partial charge in [-0.1, -0.05) is 6.42 Å². The Morgan fingerprint density at radius 1 is 1.24 bits per heavy atom. The van der Waals surface area contributed by atoms with Crippen molar-refractivity contribution < 1.29 is 22.8 Å². The van der Waals surface area contributed by atoms with Gasteiger partial charge in [-0.3, -0.25) is 4.21 Å². The van der Waals surface area contributed by atoms with Crippen molar-refractivity contribution in [3.8, 4) is 5.75 Å². The molecule has 0 amide bonds. The Morgan fingerprint density at radius 3 is 2.24 bits per heavy atom. The van der Waals surface area contributed by atoms with Crippen LogP contribution in [-0.4, -0.2) is 26.9 Å². The van der Waals surface area contributed by atoms with E-state index in [1.807, 2.05) is 0 Å². The predicted molar refractivity (Wildman–Crippen MR) is 75.6 cm³/mol. The quantitative estimate of drug-likeness (QED) is 0.912. The first-order valence-corrected chi connectivity index (χ1v) is 8.37. The maximum Gasteiger partial charge on any atom is 0.190 e. The standard InChI is InChI=1S/C15H18F2O3S/c1-20-14-12(16)5-9(6-13(14)17)15(18)7-10-3-2-4-11(8-15)21(10)19/h5-6,10-11,18H,2-4,7-8H2,1H3. The highest BCUT2D eigenvalue weighted by molar-refractivity contribution is 7.86. The molecule has 2 saturated heterocycles. The second-order valence-electron chi connectivity index (χ2n) is 5.92. The Kier molecular flexibility index (Phi) is 3.78. The van der Waals surface area contributed by atoms with Gasteiger partial charge < -0.3 is 9.84 Å². The first-order valence-electron chi connectivity index (χ1n) is 7.10. The molecule has 0 radical (unpaired) electrons. The van der Waals surface area contributed by atoms with Crippen molar-refractivity contribution in [3.05, 3.63) is 29.3 Å². The van der Waals surface area contributed by atoms with Crippen molar-refractivity contribution in [2.75, 3.05) is 7.11 Å². The Bertz CT molecular complexity index is 551. The van der Waals surface area contributed by atoms with Crippen LogP contribution in [0.15, 0.2) is 12.1 Å². The summed E-state index contributed by atoms with van der Waals surface area (Å²) < 4.78 is 44.6. The molecule has 2 bridgehead atoms. The van der Waals surface area contributed by atoms with Gasteiger partial charge in [0, 0.05) is 21.3 Å². The third kappa shape index (κ3) is 2.48. The molecule has 21 heavy (non-hydrogen) atoms. The van der Waals surface area contributed by atoms with E-state index in [9.17, 15) is 18.1 Å². The average molecular weight is 316 g/mol. The van der Waals surface area contributed by atoms with Gasteiger partial charge in [0.2, 0.25) is 0 Å². The van der Waals surface area contributed by atoms with Crippen molar-refractivity contribution >= 4 is 10.8 Å². The minimum atomic E-state index is -1.31. The summed E-state index contributed by atoms with van der Waals surface area (Å²) in [5.74, 6) is -2.09. The summed E-state index contributed by atoms with van der Waals surface area (Å²) >= 11 is 0. The van der Waals surface area contributed by atoms with Crippen LogP contribution in [0.1, 0.15) is 37.7 Å². The molecule has 2 heterocycles. The van der Waals surface area contributed by atoms with E-state index >= 15 is 0 Å². The molecule has 0 aromatic heterocycles. The van der Waals surface area contributed by atoms with Gasteiger partial charge in [-0.15, -0.1) is 0 Å². The van der Waals surface area contributed by atoms with Crippen molar-refractivity contribution in [1.29, 1.82) is 0 Å². The van der Waals surface area contributed by atoms with Crippen LogP contribution in [0.2, 0.25) is 0 Å². The Balaban J connectivity index is 1.98. The van der Waals surface area contributed by atoms with Crippen LogP contribution in [-0.2, 0) is 16.4 Å². The molecule has 2 aliphatic heterocycles. The van der Waals surface area contributed by atoms with Crippen molar-refractivity contribution in [3.63, 3.8) is 0 Å². The lowest BCUT2D eigenvalue weighted by Gasteiger charge is -2.43. The van der Waals surface area contributed by atoms with Crippen molar-refractivity contribution in [1.82, 2.24) is 0 Å². The average Bonchev–Trinajstić information content (AvgIpc) is 2.40. The second kappa shape index (κ2) is 5.32. The summed E-state index contributed by atoms with van der Waals surface area (Å²) in [5.41, 5.74) is -1.09. The van der Waals surface area contributed by atoms with Gasteiger partial charge in [-0.25, -0.2) is 8.78 Å². The van der Waals surface area contributed by atoms with Gasteiger partial charge in [-0.05, 0) is 43.4 Å². The predicted octanol–water partition coefficient (Wildman–Crippen LogP) is 2.62. The fraction of sp³-hybridized carbons (Fsp3) is 0.600. The summed E-state index contributed by atoms with van der Waals surface area (Å²) in [5, 5.41) is 10.7. The number of ether oxygens (including phenoxy) is 1. The SMILES string of the molecule is COc1c(F)cc(C2(O)CC3CCCC(C2)S3=O)cc1F. The van der Waals surface area contributed by atoms with Crippen molar-refractivity contribution in [2.24, 2.45) is 0 Å². The monoisotopic (exact) mass is 316 g/mol. The van der Waals surface area contributed by atoms with E-state index in [-0.39, 0.29) is 16.1 Å². The fourth-order valence-corrected chi connectivity index (χ4v) is 5.76. The Morgan fingerprint density at radius 2 is 1.76 bits per heavy atom. The first-order chi connectivity index (χ1) is 9.94. The molecule has 0 aliphatic carbocycles. The van der Waals surface area contributed by atoms with Gasteiger partial charge in [0.1, 0.15) is 0 Å². The van der Waals surface area contributed by atoms with Crippen LogP contribution in [0, 0.1) is 11.6 Å². The first kappa shape index (κ1) is 14.9. The molecule has 116 valence electrons.